The van der Waals surface area contributed by atoms with Crippen LogP contribution >= 0.6 is 12.2 Å². The van der Waals surface area contributed by atoms with Crippen molar-refractivity contribution in [2.45, 2.75) is 11.3 Å². The number of sulfonamides is 1. The number of hydrogen-bond donors (Lipinski definition) is 2. The number of carbonyl (C=O) groups excluding carboxylic acids is 1. The summed E-state index contributed by atoms with van der Waals surface area (Å²) in [5.41, 5.74) is 5.78. The maximum absolute atomic E-state index is 12.4. The van der Waals surface area contributed by atoms with E-state index in [1.165, 1.54) is 22.6 Å². The maximum atomic E-state index is 12.4. The minimum atomic E-state index is -3.66. The molecule has 1 aliphatic rings. The van der Waals surface area contributed by atoms with Crippen molar-refractivity contribution in [3.8, 4) is 0 Å². The summed E-state index contributed by atoms with van der Waals surface area (Å²) in [6.07, 6.45) is 1.38. The topological polar surface area (TPSA) is 105 Å². The van der Waals surface area contributed by atoms with Crippen molar-refractivity contribution in [1.82, 2.24) is 14.6 Å². The van der Waals surface area contributed by atoms with Gasteiger partial charge in [0, 0.05) is 32.3 Å². The number of nitrogens with one attached hydrogen (secondary N) is 1. The summed E-state index contributed by atoms with van der Waals surface area (Å²) >= 11 is 4.76. The Labute approximate surface area is 122 Å². The molecule has 9 heteroatoms. The van der Waals surface area contributed by atoms with Gasteiger partial charge in [0.05, 0.1) is 5.69 Å². The van der Waals surface area contributed by atoms with Gasteiger partial charge in [-0.2, -0.15) is 4.31 Å². The Morgan fingerprint density at radius 3 is 2.75 bits per heavy atom. The van der Waals surface area contributed by atoms with Crippen LogP contribution in [0.15, 0.2) is 23.2 Å². The lowest BCUT2D eigenvalue weighted by Gasteiger charge is -2.19. The Morgan fingerprint density at radius 1 is 1.40 bits per heavy atom. The summed E-state index contributed by atoms with van der Waals surface area (Å²) in [6.45, 7) is 0.701. The second-order valence-electron chi connectivity index (χ2n) is 4.25. The van der Waals surface area contributed by atoms with Crippen LogP contribution in [0.2, 0.25) is 0 Å². The van der Waals surface area contributed by atoms with E-state index < -0.39 is 10.0 Å². The van der Waals surface area contributed by atoms with Crippen molar-refractivity contribution < 1.29 is 13.2 Å². The molecule has 7 nitrogen and oxygen atoms in total. The predicted octanol–water partition coefficient (Wildman–Crippen LogP) is -0.774. The summed E-state index contributed by atoms with van der Waals surface area (Å²) in [7, 11) is -3.66. The second-order valence-corrected chi connectivity index (χ2v) is 6.63. The van der Waals surface area contributed by atoms with Crippen molar-refractivity contribution in [3.63, 3.8) is 0 Å². The van der Waals surface area contributed by atoms with E-state index in [0.717, 1.165) is 0 Å². The van der Waals surface area contributed by atoms with Crippen molar-refractivity contribution in [1.29, 1.82) is 0 Å². The lowest BCUT2D eigenvalue weighted by molar-refractivity contribution is -0.120. The predicted molar refractivity (Wildman–Crippen MR) is 76.5 cm³/mol. The molecule has 1 saturated heterocycles. The zero-order valence-corrected chi connectivity index (χ0v) is 12.2. The lowest BCUT2D eigenvalue weighted by atomic mass is 10.3. The number of thiocarbonyl (C=S) groups is 1. The van der Waals surface area contributed by atoms with Crippen molar-refractivity contribution in [2.24, 2.45) is 5.73 Å². The van der Waals surface area contributed by atoms with Gasteiger partial charge >= 0.3 is 0 Å². The number of aromatic nitrogens is 1. The average Bonchev–Trinajstić information content (AvgIpc) is 2.64. The van der Waals surface area contributed by atoms with E-state index in [9.17, 15) is 13.2 Å². The monoisotopic (exact) mass is 314 g/mol. The largest absolute Gasteiger partial charge is 0.388 e. The smallest absolute Gasteiger partial charge is 0.244 e. The van der Waals surface area contributed by atoms with E-state index in [4.69, 9.17) is 18.0 Å². The molecule has 0 aliphatic carbocycles. The molecule has 0 unspecified atom stereocenters. The van der Waals surface area contributed by atoms with Crippen LogP contribution in [0.25, 0.3) is 0 Å². The van der Waals surface area contributed by atoms with Crippen LogP contribution < -0.4 is 11.1 Å². The van der Waals surface area contributed by atoms with Gasteiger partial charge in [0.2, 0.25) is 15.9 Å². The van der Waals surface area contributed by atoms with E-state index in [2.05, 4.69) is 10.3 Å². The van der Waals surface area contributed by atoms with Gasteiger partial charge in [-0.1, -0.05) is 12.2 Å². The first kappa shape index (κ1) is 14.8. The van der Waals surface area contributed by atoms with Crippen LogP contribution in [0, 0.1) is 0 Å². The molecule has 0 spiro atoms. The molecule has 2 rings (SSSR count). The minimum absolute atomic E-state index is 0.0619. The second kappa shape index (κ2) is 5.81. The van der Waals surface area contributed by atoms with Crippen LogP contribution in [0.1, 0.15) is 12.1 Å². The summed E-state index contributed by atoms with van der Waals surface area (Å²) in [6, 6.07) is 2.88. The Bertz CT molecular complexity index is 628. The first-order valence-electron chi connectivity index (χ1n) is 5.94. The van der Waals surface area contributed by atoms with E-state index in [-0.39, 0.29) is 35.3 Å². The molecule has 0 bridgehead atoms. The number of carbonyl (C=O) groups is 1. The Balaban J connectivity index is 2.25. The zero-order chi connectivity index (χ0) is 14.8. The van der Waals surface area contributed by atoms with E-state index in [1.54, 1.807) is 0 Å². The van der Waals surface area contributed by atoms with Gasteiger partial charge in [-0.05, 0) is 12.1 Å². The van der Waals surface area contributed by atoms with Gasteiger partial charge in [0.15, 0.2) is 0 Å². The van der Waals surface area contributed by atoms with Crippen LogP contribution in [0.4, 0.5) is 0 Å². The first-order chi connectivity index (χ1) is 9.41. The number of pyridine rings is 1. The Morgan fingerprint density at radius 2 is 2.15 bits per heavy atom. The molecule has 1 aromatic rings. The summed E-state index contributed by atoms with van der Waals surface area (Å²) < 4.78 is 26.1. The van der Waals surface area contributed by atoms with Crippen LogP contribution in [-0.2, 0) is 14.8 Å². The highest BCUT2D eigenvalue weighted by Crippen LogP contribution is 2.16. The zero-order valence-electron chi connectivity index (χ0n) is 10.6. The molecule has 0 saturated carbocycles. The molecule has 0 atom stereocenters. The third-order valence-corrected chi connectivity index (χ3v) is 4.99. The van der Waals surface area contributed by atoms with Crippen molar-refractivity contribution in [3.05, 3.63) is 24.0 Å². The van der Waals surface area contributed by atoms with Crippen LogP contribution in [0.5, 0.6) is 0 Å². The molecule has 108 valence electrons. The van der Waals surface area contributed by atoms with Gasteiger partial charge in [-0.3, -0.25) is 9.78 Å². The highest BCUT2D eigenvalue weighted by molar-refractivity contribution is 7.89. The molecule has 0 radical (unpaired) electrons. The molecule has 1 aromatic heterocycles. The van der Waals surface area contributed by atoms with Gasteiger partial charge in [-0.25, -0.2) is 8.42 Å². The summed E-state index contributed by atoms with van der Waals surface area (Å²) in [5.74, 6) is -0.148. The molecule has 3 N–H and O–H groups in total. The van der Waals surface area contributed by atoms with E-state index in [0.29, 0.717) is 12.2 Å². The van der Waals surface area contributed by atoms with Gasteiger partial charge in [0.1, 0.15) is 9.88 Å². The van der Waals surface area contributed by atoms with Crippen molar-refractivity contribution >= 4 is 33.1 Å². The summed E-state index contributed by atoms with van der Waals surface area (Å²) in [5, 5.41) is 2.63. The quantitative estimate of drug-likeness (QED) is 0.710. The highest BCUT2D eigenvalue weighted by Gasteiger charge is 2.27. The van der Waals surface area contributed by atoms with Gasteiger partial charge in [0.25, 0.3) is 0 Å². The third kappa shape index (κ3) is 3.11. The molecule has 1 fully saturated rings. The fraction of sp³-hybridized carbons (Fsp3) is 0.364. The van der Waals surface area contributed by atoms with Gasteiger partial charge in [-0.15, -0.1) is 0 Å². The molecule has 0 aromatic carbocycles. The van der Waals surface area contributed by atoms with Gasteiger partial charge < -0.3 is 11.1 Å². The van der Waals surface area contributed by atoms with Crippen LogP contribution in [0.3, 0.4) is 0 Å². The first-order valence-corrected chi connectivity index (χ1v) is 7.79. The SMILES string of the molecule is NC(=S)c1ccc(S(=O)(=O)N2CCNC(=O)CC2)cn1. The fourth-order valence-electron chi connectivity index (χ4n) is 1.81. The molecule has 1 aliphatic heterocycles. The molecular formula is C11H14N4O3S2. The van der Waals surface area contributed by atoms with Crippen molar-refractivity contribution in [2.75, 3.05) is 19.6 Å². The Kier molecular flexibility index (Phi) is 4.31. The van der Waals surface area contributed by atoms with Crippen LogP contribution in [-0.4, -0.2) is 48.2 Å². The third-order valence-electron chi connectivity index (χ3n) is 2.90. The number of nitrogens with two attached hydrogens (primary N) is 1. The number of hydrogen-bond acceptors (Lipinski definition) is 5. The number of amides is 1. The number of nitrogens with zero attached hydrogens (tertiary/aromatic N) is 2. The standard InChI is InChI=1S/C11H14N4O3S2/c12-11(19)9-2-1-8(7-14-9)20(17,18)15-5-3-10(16)13-4-6-15/h1-2,7H,3-6H2,(H2,12,19)(H,13,16). The molecule has 1 amide bonds. The minimum Gasteiger partial charge on any atom is -0.388 e. The summed E-state index contributed by atoms with van der Waals surface area (Å²) in [4.78, 5) is 15.3. The normalized spacial score (nSPS) is 17.3. The Hall–Kier alpha value is -1.58. The highest BCUT2D eigenvalue weighted by atomic mass is 32.2. The molecule has 2 heterocycles. The fourth-order valence-corrected chi connectivity index (χ4v) is 3.32. The molecule has 20 heavy (non-hydrogen) atoms. The number of rotatable bonds is 3. The maximum Gasteiger partial charge on any atom is 0.244 e. The average molecular weight is 314 g/mol. The molecular weight excluding hydrogens is 300 g/mol. The van der Waals surface area contributed by atoms with E-state index in [1.807, 2.05) is 0 Å². The lowest BCUT2D eigenvalue weighted by Crippen LogP contribution is -2.34. The van der Waals surface area contributed by atoms with E-state index >= 15 is 0 Å².